The van der Waals surface area contributed by atoms with Crippen LogP contribution in [0, 0.1) is 0 Å². The third-order valence-corrected chi connectivity index (χ3v) is 5.28. The second-order valence-corrected chi connectivity index (χ2v) is 6.90. The van der Waals surface area contributed by atoms with Crippen molar-refractivity contribution >= 4 is 22.0 Å². The first-order valence-corrected chi connectivity index (χ1v) is 8.19. The molecule has 0 radical (unpaired) electrons. The average Bonchev–Trinajstić information content (AvgIpc) is 2.75. The standard InChI is InChI=1S/C12H11F3N4O4S/c13-12(14,15)7-1-2-16-8(5-7)11(21)18-3-4-19-9(6-18)10(20)17-24(19,22)23/h1-2,5,9H,3-4,6H2,(H,17,20). The van der Waals surface area contributed by atoms with E-state index in [0.717, 1.165) is 21.5 Å². The first kappa shape index (κ1) is 16.6. The number of carbonyl (C=O) groups excluding carboxylic acids is 2. The Balaban J connectivity index is 1.82. The molecule has 0 spiro atoms. The zero-order valence-electron chi connectivity index (χ0n) is 11.9. The summed E-state index contributed by atoms with van der Waals surface area (Å²) in [7, 11) is -3.90. The molecule has 2 fully saturated rings. The summed E-state index contributed by atoms with van der Waals surface area (Å²) in [4.78, 5) is 28.8. The number of pyridine rings is 1. The topological polar surface area (TPSA) is 99.7 Å². The van der Waals surface area contributed by atoms with Crippen LogP contribution in [0.5, 0.6) is 0 Å². The summed E-state index contributed by atoms with van der Waals surface area (Å²) in [5, 5.41) is 0. The third-order valence-electron chi connectivity index (χ3n) is 3.77. The van der Waals surface area contributed by atoms with E-state index in [1.54, 1.807) is 0 Å². The van der Waals surface area contributed by atoms with Gasteiger partial charge in [-0.15, -0.1) is 0 Å². The Bertz CT molecular complexity index is 811. The molecule has 2 saturated heterocycles. The second-order valence-electron chi connectivity index (χ2n) is 5.28. The lowest BCUT2D eigenvalue weighted by molar-refractivity contribution is -0.137. The van der Waals surface area contributed by atoms with E-state index in [4.69, 9.17) is 0 Å². The van der Waals surface area contributed by atoms with E-state index in [9.17, 15) is 31.2 Å². The molecule has 130 valence electrons. The van der Waals surface area contributed by atoms with Crippen LogP contribution in [0.1, 0.15) is 16.1 Å². The molecule has 12 heteroatoms. The zero-order chi connectivity index (χ0) is 17.7. The lowest BCUT2D eigenvalue weighted by atomic mass is 10.1. The third kappa shape index (κ3) is 2.82. The minimum atomic E-state index is -4.61. The van der Waals surface area contributed by atoms with Gasteiger partial charge in [0.25, 0.3) is 11.8 Å². The zero-order valence-corrected chi connectivity index (χ0v) is 12.8. The summed E-state index contributed by atoms with van der Waals surface area (Å²) in [6, 6.07) is 0.282. The minimum absolute atomic E-state index is 0.0541. The van der Waals surface area contributed by atoms with Crippen LogP contribution in [0.4, 0.5) is 13.2 Å². The fourth-order valence-corrected chi connectivity index (χ4v) is 3.92. The number of carbonyl (C=O) groups is 2. The molecular weight excluding hydrogens is 353 g/mol. The SMILES string of the molecule is O=C1NS(=O)(=O)N2CCN(C(=O)c3cc(C(F)(F)F)ccn3)CC12. The highest BCUT2D eigenvalue weighted by Crippen LogP contribution is 2.29. The van der Waals surface area contributed by atoms with Crippen LogP contribution in [0.15, 0.2) is 18.3 Å². The van der Waals surface area contributed by atoms with Crippen LogP contribution >= 0.6 is 0 Å². The van der Waals surface area contributed by atoms with E-state index >= 15 is 0 Å². The number of halogens is 3. The quantitative estimate of drug-likeness (QED) is 0.731. The predicted molar refractivity (Wildman–Crippen MR) is 72.7 cm³/mol. The lowest BCUT2D eigenvalue weighted by Gasteiger charge is -2.33. The Morgan fingerprint density at radius 2 is 2.04 bits per heavy atom. The number of amides is 2. The van der Waals surface area contributed by atoms with E-state index in [2.05, 4.69) is 4.98 Å². The molecule has 1 atom stereocenters. The van der Waals surface area contributed by atoms with Gasteiger partial charge in [-0.25, -0.2) is 4.72 Å². The largest absolute Gasteiger partial charge is 0.416 e. The van der Waals surface area contributed by atoms with Gasteiger partial charge in [-0.05, 0) is 12.1 Å². The van der Waals surface area contributed by atoms with Crippen molar-refractivity contribution < 1.29 is 31.2 Å². The minimum Gasteiger partial charge on any atom is -0.334 e. The summed E-state index contributed by atoms with van der Waals surface area (Å²) in [5.41, 5.74) is -1.43. The van der Waals surface area contributed by atoms with Crippen molar-refractivity contribution in [3.63, 3.8) is 0 Å². The van der Waals surface area contributed by atoms with E-state index in [1.165, 1.54) is 0 Å². The number of rotatable bonds is 1. The molecule has 0 saturated carbocycles. The highest BCUT2D eigenvalue weighted by molar-refractivity contribution is 7.88. The molecule has 0 aromatic carbocycles. The second kappa shape index (κ2) is 5.41. The Kier molecular flexibility index (Phi) is 3.75. The van der Waals surface area contributed by atoms with Gasteiger partial charge in [0.1, 0.15) is 11.7 Å². The van der Waals surface area contributed by atoms with E-state index in [1.807, 2.05) is 4.72 Å². The van der Waals surface area contributed by atoms with E-state index < -0.39 is 45.5 Å². The van der Waals surface area contributed by atoms with Gasteiger partial charge in [0.05, 0.1) is 5.56 Å². The van der Waals surface area contributed by atoms with Crippen molar-refractivity contribution in [1.29, 1.82) is 0 Å². The van der Waals surface area contributed by atoms with Crippen LogP contribution in [0.25, 0.3) is 0 Å². The Morgan fingerprint density at radius 1 is 1.33 bits per heavy atom. The van der Waals surface area contributed by atoms with Crippen LogP contribution in [-0.2, 0) is 21.2 Å². The molecule has 1 N–H and O–H groups in total. The van der Waals surface area contributed by atoms with Gasteiger partial charge in [-0.1, -0.05) is 0 Å². The van der Waals surface area contributed by atoms with Crippen LogP contribution in [0.3, 0.4) is 0 Å². The van der Waals surface area contributed by atoms with Gasteiger partial charge < -0.3 is 4.90 Å². The van der Waals surface area contributed by atoms with Gasteiger partial charge in [-0.3, -0.25) is 14.6 Å². The Hall–Kier alpha value is -2.21. The number of nitrogens with zero attached hydrogens (tertiary/aromatic N) is 3. The normalized spacial score (nSPS) is 23.7. The predicted octanol–water partition coefficient (Wildman–Crippen LogP) is -0.399. The first-order valence-electron chi connectivity index (χ1n) is 6.75. The van der Waals surface area contributed by atoms with E-state index in [0.29, 0.717) is 6.07 Å². The van der Waals surface area contributed by atoms with Crippen LogP contribution < -0.4 is 4.72 Å². The summed E-state index contributed by atoms with van der Waals surface area (Å²) < 4.78 is 64.2. The Labute approximate surface area is 134 Å². The van der Waals surface area contributed by atoms with Crippen molar-refractivity contribution in [2.24, 2.45) is 0 Å². The van der Waals surface area contributed by atoms with Crippen molar-refractivity contribution in [2.75, 3.05) is 19.6 Å². The molecule has 3 rings (SSSR count). The van der Waals surface area contributed by atoms with Crippen molar-refractivity contribution in [1.82, 2.24) is 18.9 Å². The summed E-state index contributed by atoms with van der Waals surface area (Å²) >= 11 is 0. The molecular formula is C12H11F3N4O4S. The molecule has 2 aliphatic heterocycles. The number of hydrogen-bond acceptors (Lipinski definition) is 5. The molecule has 2 aliphatic rings. The van der Waals surface area contributed by atoms with Gasteiger partial charge in [-0.2, -0.15) is 25.9 Å². The van der Waals surface area contributed by atoms with Crippen molar-refractivity contribution in [3.8, 4) is 0 Å². The molecule has 2 amide bonds. The molecule has 1 aromatic rings. The summed E-state index contributed by atoms with van der Waals surface area (Å²) in [6.07, 6.45) is -3.74. The Morgan fingerprint density at radius 3 is 2.71 bits per heavy atom. The maximum Gasteiger partial charge on any atom is 0.416 e. The molecule has 0 bridgehead atoms. The van der Waals surface area contributed by atoms with Gasteiger partial charge in [0.15, 0.2) is 0 Å². The number of piperazine rings is 1. The molecule has 8 nitrogen and oxygen atoms in total. The van der Waals surface area contributed by atoms with Gasteiger partial charge in [0, 0.05) is 25.8 Å². The monoisotopic (exact) mass is 364 g/mol. The van der Waals surface area contributed by atoms with Crippen molar-refractivity contribution in [2.45, 2.75) is 12.2 Å². The molecule has 0 aliphatic carbocycles. The fraction of sp³-hybridized carbons (Fsp3) is 0.417. The highest BCUT2D eigenvalue weighted by atomic mass is 32.2. The lowest BCUT2D eigenvalue weighted by Crippen LogP contribution is -2.54. The molecule has 24 heavy (non-hydrogen) atoms. The number of fused-ring (bicyclic) bond motifs is 1. The molecule has 1 unspecified atom stereocenters. The van der Waals surface area contributed by atoms with Crippen LogP contribution in [0.2, 0.25) is 0 Å². The van der Waals surface area contributed by atoms with Gasteiger partial charge >= 0.3 is 16.4 Å². The molecule has 3 heterocycles. The summed E-state index contributed by atoms with van der Waals surface area (Å²) in [5.74, 6) is -1.57. The average molecular weight is 364 g/mol. The van der Waals surface area contributed by atoms with Crippen LogP contribution in [-0.4, -0.2) is 60.1 Å². The number of aromatic nitrogens is 1. The fourth-order valence-electron chi connectivity index (χ4n) is 2.59. The smallest absolute Gasteiger partial charge is 0.334 e. The number of nitrogens with one attached hydrogen (secondary N) is 1. The van der Waals surface area contributed by atoms with Gasteiger partial charge in [0.2, 0.25) is 0 Å². The summed E-state index contributed by atoms with van der Waals surface area (Å²) in [6.45, 7) is -0.431. The number of alkyl halides is 3. The number of hydrogen-bond donors (Lipinski definition) is 1. The maximum absolute atomic E-state index is 12.7. The first-order chi connectivity index (χ1) is 11.1. The van der Waals surface area contributed by atoms with Crippen molar-refractivity contribution in [3.05, 3.63) is 29.6 Å². The van der Waals surface area contributed by atoms with E-state index in [-0.39, 0.29) is 19.6 Å². The molecule has 1 aromatic heterocycles. The maximum atomic E-state index is 12.7. The highest BCUT2D eigenvalue weighted by Gasteiger charge is 2.47.